The van der Waals surface area contributed by atoms with Crippen molar-refractivity contribution in [2.45, 2.75) is 24.6 Å². The molecular formula is C9H13BrF3NO. The minimum atomic E-state index is -4.52. The third-order valence-corrected chi connectivity index (χ3v) is 2.86. The predicted octanol–water partition coefficient (Wildman–Crippen LogP) is 2.28. The van der Waals surface area contributed by atoms with Gasteiger partial charge in [0.1, 0.15) is 0 Å². The van der Waals surface area contributed by atoms with Gasteiger partial charge in [-0.2, -0.15) is 13.2 Å². The van der Waals surface area contributed by atoms with Crippen LogP contribution in [0.15, 0.2) is 11.1 Å². The highest BCUT2D eigenvalue weighted by molar-refractivity contribution is 9.11. The van der Waals surface area contributed by atoms with Crippen molar-refractivity contribution in [2.75, 3.05) is 19.6 Å². The lowest BCUT2D eigenvalue weighted by molar-refractivity contribution is -0.272. The molecule has 15 heavy (non-hydrogen) atoms. The molecule has 0 unspecified atom stereocenters. The Balaban J connectivity index is 2.52. The third-order valence-electron chi connectivity index (χ3n) is 2.61. The maximum absolute atomic E-state index is 12.4. The summed E-state index contributed by atoms with van der Waals surface area (Å²) in [5.41, 5.74) is -2.50. The molecule has 0 aromatic carbocycles. The zero-order valence-electron chi connectivity index (χ0n) is 8.15. The molecule has 0 spiro atoms. The number of hydrogen-bond donors (Lipinski definition) is 1. The average Bonchev–Trinajstić information content (AvgIpc) is 2.06. The number of nitrogens with zero attached hydrogens (tertiary/aromatic N) is 1. The van der Waals surface area contributed by atoms with Crippen LogP contribution in [0.5, 0.6) is 0 Å². The fraction of sp³-hybridized carbons (Fsp3) is 0.778. The molecular weight excluding hydrogens is 275 g/mol. The summed E-state index contributed by atoms with van der Waals surface area (Å²) < 4.78 is 38.0. The fourth-order valence-corrected chi connectivity index (χ4v) is 1.96. The summed E-state index contributed by atoms with van der Waals surface area (Å²) in [6, 6.07) is 0. The molecule has 0 radical (unpaired) electrons. The molecule has 1 rings (SSSR count). The Bertz CT molecular complexity index is 246. The van der Waals surface area contributed by atoms with E-state index in [0.29, 0.717) is 6.54 Å². The van der Waals surface area contributed by atoms with Gasteiger partial charge in [0.25, 0.3) is 0 Å². The van der Waals surface area contributed by atoms with E-state index in [1.54, 1.807) is 0 Å². The van der Waals surface area contributed by atoms with Crippen LogP contribution < -0.4 is 0 Å². The van der Waals surface area contributed by atoms with Crippen LogP contribution in [0, 0.1) is 0 Å². The summed E-state index contributed by atoms with van der Waals surface area (Å²) in [6.45, 7) is 4.62. The van der Waals surface area contributed by atoms with Crippen molar-refractivity contribution in [3.63, 3.8) is 0 Å². The second-order valence-electron chi connectivity index (χ2n) is 3.82. The van der Waals surface area contributed by atoms with Crippen LogP contribution in [0.2, 0.25) is 0 Å². The van der Waals surface area contributed by atoms with Crippen LogP contribution in [-0.2, 0) is 0 Å². The number of piperidine rings is 1. The molecule has 1 aliphatic heterocycles. The molecule has 0 amide bonds. The number of halogens is 4. The number of rotatable bonds is 2. The van der Waals surface area contributed by atoms with Crippen molar-refractivity contribution in [3.05, 3.63) is 11.1 Å². The molecule has 1 saturated heterocycles. The van der Waals surface area contributed by atoms with E-state index >= 15 is 0 Å². The summed E-state index contributed by atoms with van der Waals surface area (Å²) >= 11 is 3.16. The summed E-state index contributed by atoms with van der Waals surface area (Å²) in [6.07, 6.45) is -5.06. The number of likely N-dealkylation sites (tertiary alicyclic amines) is 1. The highest BCUT2D eigenvalue weighted by Crippen LogP contribution is 2.38. The van der Waals surface area contributed by atoms with Crippen molar-refractivity contribution in [1.82, 2.24) is 4.90 Å². The number of aliphatic hydroxyl groups is 1. The Morgan fingerprint density at radius 1 is 1.40 bits per heavy atom. The summed E-state index contributed by atoms with van der Waals surface area (Å²) in [7, 11) is 0. The van der Waals surface area contributed by atoms with E-state index in [9.17, 15) is 18.3 Å². The summed E-state index contributed by atoms with van der Waals surface area (Å²) in [4.78, 5) is 1.83. The molecule has 0 aliphatic carbocycles. The SMILES string of the molecule is C=C(Br)CN1CCC(O)(C(F)(F)F)CC1. The Kier molecular flexibility index (Phi) is 3.84. The molecule has 2 nitrogen and oxygen atoms in total. The highest BCUT2D eigenvalue weighted by atomic mass is 79.9. The minimum absolute atomic E-state index is 0.237. The lowest BCUT2D eigenvalue weighted by atomic mass is 9.91. The van der Waals surface area contributed by atoms with Gasteiger partial charge in [0.2, 0.25) is 0 Å². The van der Waals surface area contributed by atoms with Gasteiger partial charge in [-0.3, -0.25) is 4.90 Å². The first-order valence-corrected chi connectivity index (χ1v) is 5.39. The summed E-state index contributed by atoms with van der Waals surface area (Å²) in [5.74, 6) is 0. The average molecular weight is 288 g/mol. The quantitative estimate of drug-likeness (QED) is 0.842. The van der Waals surface area contributed by atoms with Gasteiger partial charge in [0.15, 0.2) is 5.60 Å². The Hall–Kier alpha value is -0.0700. The lowest BCUT2D eigenvalue weighted by Gasteiger charge is -2.38. The third kappa shape index (κ3) is 3.19. The molecule has 88 valence electrons. The predicted molar refractivity (Wildman–Crippen MR) is 54.7 cm³/mol. The van der Waals surface area contributed by atoms with Gasteiger partial charge in [-0.05, 0) is 12.8 Å². The van der Waals surface area contributed by atoms with Crippen LogP contribution in [0.1, 0.15) is 12.8 Å². The van der Waals surface area contributed by atoms with E-state index in [4.69, 9.17) is 0 Å². The second-order valence-corrected chi connectivity index (χ2v) is 4.94. The van der Waals surface area contributed by atoms with Gasteiger partial charge in [0, 0.05) is 24.1 Å². The van der Waals surface area contributed by atoms with E-state index in [1.807, 2.05) is 4.90 Å². The molecule has 1 aliphatic rings. The van der Waals surface area contributed by atoms with Gasteiger partial charge >= 0.3 is 6.18 Å². The zero-order chi connectivity index (χ0) is 11.7. The van der Waals surface area contributed by atoms with Crippen molar-refractivity contribution in [2.24, 2.45) is 0 Å². The largest absolute Gasteiger partial charge is 0.417 e. The van der Waals surface area contributed by atoms with Gasteiger partial charge in [-0.25, -0.2) is 0 Å². The Morgan fingerprint density at radius 3 is 2.20 bits per heavy atom. The zero-order valence-corrected chi connectivity index (χ0v) is 9.73. The van der Waals surface area contributed by atoms with Crippen LogP contribution in [0.4, 0.5) is 13.2 Å². The van der Waals surface area contributed by atoms with Crippen molar-refractivity contribution in [3.8, 4) is 0 Å². The van der Waals surface area contributed by atoms with E-state index in [2.05, 4.69) is 22.5 Å². The van der Waals surface area contributed by atoms with Crippen molar-refractivity contribution >= 4 is 15.9 Å². The summed E-state index contributed by atoms with van der Waals surface area (Å²) in [5, 5.41) is 9.37. The normalized spacial score (nSPS) is 22.7. The van der Waals surface area contributed by atoms with Crippen molar-refractivity contribution < 1.29 is 18.3 Å². The Labute approximate surface area is 94.9 Å². The highest BCUT2D eigenvalue weighted by Gasteiger charge is 2.54. The molecule has 1 N–H and O–H groups in total. The second kappa shape index (κ2) is 4.43. The molecule has 0 bridgehead atoms. The molecule has 6 heteroatoms. The van der Waals surface area contributed by atoms with Crippen LogP contribution in [-0.4, -0.2) is 41.4 Å². The molecule has 0 aromatic rings. The first-order chi connectivity index (χ1) is 6.74. The monoisotopic (exact) mass is 287 g/mol. The first kappa shape index (κ1) is 13.0. The first-order valence-electron chi connectivity index (χ1n) is 4.59. The van der Waals surface area contributed by atoms with E-state index in [1.165, 1.54) is 0 Å². The molecule has 1 fully saturated rings. The van der Waals surface area contributed by atoms with Crippen LogP contribution in [0.25, 0.3) is 0 Å². The van der Waals surface area contributed by atoms with Gasteiger partial charge in [0.05, 0.1) is 0 Å². The van der Waals surface area contributed by atoms with E-state index in [-0.39, 0.29) is 25.9 Å². The maximum atomic E-state index is 12.4. The number of alkyl halides is 3. The molecule has 1 heterocycles. The van der Waals surface area contributed by atoms with Gasteiger partial charge in [-0.15, -0.1) is 0 Å². The smallest absolute Gasteiger partial charge is 0.380 e. The van der Waals surface area contributed by atoms with Crippen molar-refractivity contribution in [1.29, 1.82) is 0 Å². The van der Waals surface area contributed by atoms with E-state index in [0.717, 1.165) is 4.48 Å². The topological polar surface area (TPSA) is 23.5 Å². The van der Waals surface area contributed by atoms with E-state index < -0.39 is 11.8 Å². The molecule has 0 atom stereocenters. The fourth-order valence-electron chi connectivity index (χ4n) is 1.61. The molecule has 0 aromatic heterocycles. The Morgan fingerprint density at radius 2 is 1.87 bits per heavy atom. The van der Waals surface area contributed by atoms with Crippen LogP contribution in [0.3, 0.4) is 0 Å². The molecule has 0 saturated carbocycles. The lowest BCUT2D eigenvalue weighted by Crippen LogP contribution is -2.53. The standard InChI is InChI=1S/C9H13BrF3NO/c1-7(10)6-14-4-2-8(15,3-5-14)9(11,12)13/h15H,1-6H2. The van der Waals surface area contributed by atoms with Gasteiger partial charge < -0.3 is 5.11 Å². The minimum Gasteiger partial charge on any atom is -0.380 e. The number of hydrogen-bond acceptors (Lipinski definition) is 2. The van der Waals surface area contributed by atoms with Crippen LogP contribution >= 0.6 is 15.9 Å². The maximum Gasteiger partial charge on any atom is 0.417 e. The van der Waals surface area contributed by atoms with Gasteiger partial charge in [-0.1, -0.05) is 22.5 Å².